The highest BCUT2D eigenvalue weighted by molar-refractivity contribution is 7.99. The van der Waals surface area contributed by atoms with Crippen LogP contribution in [0.3, 0.4) is 0 Å². The Kier molecular flexibility index (Phi) is 10.5. The van der Waals surface area contributed by atoms with Crippen molar-refractivity contribution < 1.29 is 14.7 Å². The lowest BCUT2D eigenvalue weighted by Gasteiger charge is -2.18. The second kappa shape index (κ2) is 12.9. The molecule has 1 amide bonds. The molecule has 31 heavy (non-hydrogen) atoms. The van der Waals surface area contributed by atoms with Crippen molar-refractivity contribution in [1.82, 2.24) is 10.6 Å². The maximum atomic E-state index is 13.0. The van der Waals surface area contributed by atoms with E-state index in [9.17, 15) is 14.7 Å². The summed E-state index contributed by atoms with van der Waals surface area (Å²) in [6, 6.07) is 14.8. The molecule has 1 saturated heterocycles. The van der Waals surface area contributed by atoms with Crippen LogP contribution in [0.2, 0.25) is 0 Å². The number of carbonyl (C=O) groups excluding carboxylic acids is 1. The van der Waals surface area contributed by atoms with Gasteiger partial charge in [0.1, 0.15) is 6.04 Å². The standard InChI is InChI=1S/C22H27N3O3S2.ClH/c1-29-10-9-20(22(27)28)25-21(26)18-8-7-16(23-12-17-13-30-14-24-17)11-19(18)15-5-3-2-4-6-15;/h2-8,11,17,20,23-24H,9-10,12-14H2,1H3,(H,25,26)(H,27,28);1H. The lowest BCUT2D eigenvalue weighted by Crippen LogP contribution is -2.41. The van der Waals surface area contributed by atoms with Crippen LogP contribution in [-0.4, -0.2) is 59.2 Å². The third-order valence-electron chi connectivity index (χ3n) is 4.91. The van der Waals surface area contributed by atoms with E-state index in [1.165, 1.54) is 0 Å². The first kappa shape index (κ1) is 25.4. The molecule has 168 valence electrons. The van der Waals surface area contributed by atoms with Crippen molar-refractivity contribution in [3.63, 3.8) is 0 Å². The van der Waals surface area contributed by atoms with Crippen molar-refractivity contribution in [2.45, 2.75) is 18.5 Å². The topological polar surface area (TPSA) is 90.5 Å². The first-order chi connectivity index (χ1) is 14.6. The fourth-order valence-corrected chi connectivity index (χ4v) is 4.71. The van der Waals surface area contributed by atoms with Gasteiger partial charge in [-0.05, 0) is 47.8 Å². The summed E-state index contributed by atoms with van der Waals surface area (Å²) in [4.78, 5) is 24.5. The Morgan fingerprint density at radius 1 is 1.26 bits per heavy atom. The molecule has 1 fully saturated rings. The Balaban J connectivity index is 0.00000341. The molecule has 4 N–H and O–H groups in total. The van der Waals surface area contributed by atoms with Crippen LogP contribution in [-0.2, 0) is 4.79 Å². The number of aliphatic carboxylic acids is 1. The average Bonchev–Trinajstić information content (AvgIpc) is 3.29. The molecular weight excluding hydrogens is 454 g/mol. The summed E-state index contributed by atoms with van der Waals surface area (Å²) in [5, 5.41) is 19.0. The van der Waals surface area contributed by atoms with Crippen LogP contribution in [0.5, 0.6) is 0 Å². The van der Waals surface area contributed by atoms with Crippen LogP contribution in [0, 0.1) is 0 Å². The smallest absolute Gasteiger partial charge is 0.326 e. The highest BCUT2D eigenvalue weighted by Crippen LogP contribution is 2.27. The Bertz CT molecular complexity index is 864. The Hall–Kier alpha value is -1.87. The zero-order valence-corrected chi connectivity index (χ0v) is 19.7. The summed E-state index contributed by atoms with van der Waals surface area (Å²) in [6.45, 7) is 0.808. The third kappa shape index (κ3) is 7.35. The lowest BCUT2D eigenvalue weighted by molar-refractivity contribution is -0.139. The van der Waals surface area contributed by atoms with Gasteiger partial charge in [-0.1, -0.05) is 30.3 Å². The monoisotopic (exact) mass is 481 g/mol. The Morgan fingerprint density at radius 3 is 2.68 bits per heavy atom. The van der Waals surface area contributed by atoms with Gasteiger partial charge in [0.2, 0.25) is 0 Å². The average molecular weight is 482 g/mol. The van der Waals surface area contributed by atoms with Crippen LogP contribution in [0.15, 0.2) is 48.5 Å². The maximum Gasteiger partial charge on any atom is 0.326 e. The van der Waals surface area contributed by atoms with E-state index in [1.807, 2.05) is 60.5 Å². The molecule has 1 aliphatic heterocycles. The first-order valence-electron chi connectivity index (χ1n) is 9.85. The number of thioether (sulfide) groups is 2. The predicted molar refractivity (Wildman–Crippen MR) is 134 cm³/mol. The van der Waals surface area contributed by atoms with Crippen LogP contribution < -0.4 is 16.0 Å². The summed E-state index contributed by atoms with van der Waals surface area (Å²) < 4.78 is 0. The number of nitrogens with one attached hydrogen (secondary N) is 3. The zero-order chi connectivity index (χ0) is 21.3. The molecule has 1 aliphatic rings. The fraction of sp³-hybridized carbons (Fsp3) is 0.364. The number of hydrogen-bond acceptors (Lipinski definition) is 6. The normalized spacial score (nSPS) is 16.2. The number of anilines is 1. The molecule has 2 atom stereocenters. The first-order valence-corrected chi connectivity index (χ1v) is 12.4. The highest BCUT2D eigenvalue weighted by atomic mass is 35.5. The van der Waals surface area contributed by atoms with Crippen LogP contribution in [0.25, 0.3) is 11.1 Å². The number of amides is 1. The van der Waals surface area contributed by atoms with Crippen molar-refractivity contribution in [3.05, 3.63) is 54.1 Å². The molecule has 0 aliphatic carbocycles. The molecule has 0 aromatic heterocycles. The molecule has 0 bridgehead atoms. The van der Waals surface area contributed by atoms with Crippen LogP contribution >= 0.6 is 35.9 Å². The van der Waals surface area contributed by atoms with E-state index in [0.29, 0.717) is 23.8 Å². The van der Waals surface area contributed by atoms with Gasteiger partial charge in [-0.15, -0.1) is 24.2 Å². The number of benzene rings is 2. The highest BCUT2D eigenvalue weighted by Gasteiger charge is 2.22. The molecular formula is C22H28ClN3O3S2. The van der Waals surface area contributed by atoms with E-state index in [-0.39, 0.29) is 18.3 Å². The van der Waals surface area contributed by atoms with Gasteiger partial charge >= 0.3 is 5.97 Å². The molecule has 0 radical (unpaired) electrons. The molecule has 0 spiro atoms. The molecule has 2 unspecified atom stereocenters. The van der Waals surface area contributed by atoms with Gasteiger partial charge in [-0.2, -0.15) is 11.8 Å². The largest absolute Gasteiger partial charge is 0.480 e. The minimum atomic E-state index is -1.01. The molecule has 2 aromatic carbocycles. The minimum absolute atomic E-state index is 0. The third-order valence-corrected chi connectivity index (χ3v) is 6.56. The molecule has 2 aromatic rings. The lowest BCUT2D eigenvalue weighted by atomic mass is 9.98. The number of carbonyl (C=O) groups is 2. The quantitative estimate of drug-likeness (QED) is 0.410. The Morgan fingerprint density at radius 2 is 2.03 bits per heavy atom. The summed E-state index contributed by atoms with van der Waals surface area (Å²) in [6.07, 6.45) is 2.30. The summed E-state index contributed by atoms with van der Waals surface area (Å²) in [5.41, 5.74) is 3.09. The van der Waals surface area contributed by atoms with E-state index in [1.54, 1.807) is 17.8 Å². The molecule has 1 heterocycles. The van der Waals surface area contributed by atoms with Crippen molar-refractivity contribution in [3.8, 4) is 11.1 Å². The number of halogens is 1. The summed E-state index contributed by atoms with van der Waals surface area (Å²) in [5.74, 6) is 1.33. The molecule has 0 saturated carbocycles. The van der Waals surface area contributed by atoms with E-state index in [0.717, 1.165) is 35.0 Å². The predicted octanol–water partition coefficient (Wildman–Crippen LogP) is 3.79. The zero-order valence-electron chi connectivity index (χ0n) is 17.3. The Labute approximate surface area is 197 Å². The SMILES string of the molecule is CSCCC(NC(=O)c1ccc(NCC2CSCN2)cc1-c1ccccc1)C(=O)O.Cl. The number of rotatable bonds is 10. The maximum absolute atomic E-state index is 13.0. The van der Waals surface area contributed by atoms with Crippen molar-refractivity contribution in [2.24, 2.45) is 0 Å². The van der Waals surface area contributed by atoms with Crippen molar-refractivity contribution >= 4 is 53.5 Å². The van der Waals surface area contributed by atoms with Gasteiger partial charge in [-0.25, -0.2) is 4.79 Å². The van der Waals surface area contributed by atoms with Gasteiger partial charge in [0.15, 0.2) is 0 Å². The fourth-order valence-electron chi connectivity index (χ4n) is 3.25. The molecule has 6 nitrogen and oxygen atoms in total. The van der Waals surface area contributed by atoms with Gasteiger partial charge in [0, 0.05) is 35.5 Å². The van der Waals surface area contributed by atoms with E-state index >= 15 is 0 Å². The summed E-state index contributed by atoms with van der Waals surface area (Å²) >= 11 is 3.44. The van der Waals surface area contributed by atoms with Crippen molar-refractivity contribution in [2.75, 3.05) is 35.5 Å². The van der Waals surface area contributed by atoms with Crippen LogP contribution in [0.1, 0.15) is 16.8 Å². The molecule has 3 rings (SSSR count). The van der Waals surface area contributed by atoms with Gasteiger partial charge < -0.3 is 21.1 Å². The van der Waals surface area contributed by atoms with Gasteiger partial charge in [-0.3, -0.25) is 4.79 Å². The number of carboxylic acid groups (broad SMARTS) is 1. The van der Waals surface area contributed by atoms with E-state index < -0.39 is 12.0 Å². The van der Waals surface area contributed by atoms with Crippen molar-refractivity contribution in [1.29, 1.82) is 0 Å². The number of hydrogen-bond donors (Lipinski definition) is 4. The van der Waals surface area contributed by atoms with E-state index in [4.69, 9.17) is 0 Å². The molecule has 9 heteroatoms. The van der Waals surface area contributed by atoms with Gasteiger partial charge in [0.25, 0.3) is 5.91 Å². The van der Waals surface area contributed by atoms with Crippen LogP contribution in [0.4, 0.5) is 5.69 Å². The van der Waals surface area contributed by atoms with E-state index in [2.05, 4.69) is 16.0 Å². The van der Waals surface area contributed by atoms with Gasteiger partial charge in [0.05, 0.1) is 0 Å². The summed E-state index contributed by atoms with van der Waals surface area (Å²) in [7, 11) is 0. The second-order valence-corrected chi connectivity index (χ2v) is 9.09. The second-order valence-electron chi connectivity index (χ2n) is 7.07. The minimum Gasteiger partial charge on any atom is -0.480 e. The number of carboxylic acids is 1.